The molecule has 0 saturated carbocycles. The maximum absolute atomic E-state index is 12.2. The van der Waals surface area contributed by atoms with Crippen LogP contribution in [0.25, 0.3) is 0 Å². The highest BCUT2D eigenvalue weighted by atomic mass is 32.2. The van der Waals surface area contributed by atoms with E-state index in [0.29, 0.717) is 32.0 Å². The largest absolute Gasteiger partial charge is 0.379 e. The van der Waals surface area contributed by atoms with Gasteiger partial charge in [0.05, 0.1) is 19.0 Å². The van der Waals surface area contributed by atoms with Crippen molar-refractivity contribution in [2.45, 2.75) is 25.7 Å². The molecule has 1 aliphatic heterocycles. The van der Waals surface area contributed by atoms with Crippen molar-refractivity contribution >= 4 is 15.9 Å². The molecule has 0 spiro atoms. The fourth-order valence-electron chi connectivity index (χ4n) is 3.00. The van der Waals surface area contributed by atoms with Gasteiger partial charge in [0, 0.05) is 30.9 Å². The van der Waals surface area contributed by atoms with Crippen LogP contribution in [-0.2, 0) is 27.6 Å². The van der Waals surface area contributed by atoms with Crippen molar-refractivity contribution in [3.8, 4) is 0 Å². The Hall–Kier alpha value is -1.45. The zero-order valence-corrected chi connectivity index (χ0v) is 13.8. The van der Waals surface area contributed by atoms with Crippen LogP contribution in [0.1, 0.15) is 34.6 Å². The maximum Gasteiger partial charge on any atom is 0.272 e. The molecule has 2 heterocycles. The first-order valence-corrected chi connectivity index (χ1v) is 9.59. The van der Waals surface area contributed by atoms with Crippen molar-refractivity contribution in [2.24, 2.45) is 0 Å². The van der Waals surface area contributed by atoms with E-state index in [4.69, 9.17) is 4.74 Å². The van der Waals surface area contributed by atoms with Crippen molar-refractivity contribution in [1.82, 2.24) is 19.8 Å². The predicted molar refractivity (Wildman–Crippen MR) is 83.7 cm³/mol. The van der Waals surface area contributed by atoms with Gasteiger partial charge < -0.3 is 10.1 Å². The Morgan fingerprint density at radius 1 is 1.26 bits per heavy atom. The molecule has 0 bridgehead atoms. The van der Waals surface area contributed by atoms with Gasteiger partial charge in [-0.2, -0.15) is 9.40 Å². The van der Waals surface area contributed by atoms with Crippen molar-refractivity contribution < 1.29 is 17.9 Å². The van der Waals surface area contributed by atoms with Gasteiger partial charge in [-0.15, -0.1) is 0 Å². The lowest BCUT2D eigenvalue weighted by atomic mass is 9.96. The number of aromatic nitrogens is 2. The third-order valence-corrected chi connectivity index (χ3v) is 6.15. The summed E-state index contributed by atoms with van der Waals surface area (Å²) < 4.78 is 30.9. The minimum Gasteiger partial charge on any atom is -0.379 e. The van der Waals surface area contributed by atoms with E-state index in [1.165, 1.54) is 4.31 Å². The number of rotatable bonds is 5. The first-order chi connectivity index (χ1) is 11.1. The van der Waals surface area contributed by atoms with Crippen LogP contribution in [-0.4, -0.2) is 67.4 Å². The minimum absolute atomic E-state index is 0.0835. The number of H-pyrrole nitrogens is 1. The Balaban J connectivity index is 1.54. The molecular weight excluding hydrogens is 320 g/mol. The van der Waals surface area contributed by atoms with E-state index in [-0.39, 0.29) is 18.2 Å². The molecule has 1 aromatic heterocycles. The average Bonchev–Trinajstić information content (AvgIpc) is 2.99. The predicted octanol–water partition coefficient (Wildman–Crippen LogP) is -0.320. The molecule has 2 aliphatic rings. The van der Waals surface area contributed by atoms with Crippen LogP contribution in [0.4, 0.5) is 0 Å². The van der Waals surface area contributed by atoms with E-state index in [0.717, 1.165) is 36.9 Å². The minimum atomic E-state index is -3.35. The van der Waals surface area contributed by atoms with Gasteiger partial charge in [-0.1, -0.05) is 0 Å². The third-order valence-electron chi connectivity index (χ3n) is 4.28. The molecule has 1 aliphatic carbocycles. The number of fused-ring (bicyclic) bond motifs is 1. The van der Waals surface area contributed by atoms with Crippen LogP contribution < -0.4 is 5.32 Å². The van der Waals surface area contributed by atoms with E-state index < -0.39 is 10.0 Å². The van der Waals surface area contributed by atoms with Gasteiger partial charge in [-0.3, -0.25) is 9.89 Å². The number of aromatic amines is 1. The third kappa shape index (κ3) is 3.73. The van der Waals surface area contributed by atoms with Crippen LogP contribution in [0.15, 0.2) is 0 Å². The Morgan fingerprint density at radius 3 is 2.78 bits per heavy atom. The molecule has 1 aromatic rings. The molecule has 0 radical (unpaired) electrons. The molecule has 0 atom stereocenters. The topological polar surface area (TPSA) is 104 Å². The van der Waals surface area contributed by atoms with Crippen LogP contribution in [0.3, 0.4) is 0 Å². The van der Waals surface area contributed by atoms with Gasteiger partial charge >= 0.3 is 0 Å². The zero-order chi connectivity index (χ0) is 16.3. The lowest BCUT2D eigenvalue weighted by molar-refractivity contribution is 0.0730. The van der Waals surface area contributed by atoms with Gasteiger partial charge in [-0.05, 0) is 25.7 Å². The molecule has 128 valence electrons. The Morgan fingerprint density at radius 2 is 2.00 bits per heavy atom. The van der Waals surface area contributed by atoms with Gasteiger partial charge in [0.2, 0.25) is 10.0 Å². The monoisotopic (exact) mass is 342 g/mol. The number of aryl methyl sites for hydroxylation is 1. The first-order valence-electron chi connectivity index (χ1n) is 7.98. The number of carbonyl (C=O) groups excluding carboxylic acids is 1. The second kappa shape index (κ2) is 6.98. The number of amides is 1. The van der Waals surface area contributed by atoms with E-state index in [9.17, 15) is 13.2 Å². The number of hydrogen-bond donors (Lipinski definition) is 2. The Labute approximate surface area is 135 Å². The number of ether oxygens (including phenoxy) is 1. The van der Waals surface area contributed by atoms with E-state index in [2.05, 4.69) is 15.5 Å². The number of carbonyl (C=O) groups is 1. The van der Waals surface area contributed by atoms with Crippen LogP contribution in [0.2, 0.25) is 0 Å². The smallest absolute Gasteiger partial charge is 0.272 e. The van der Waals surface area contributed by atoms with Crippen molar-refractivity contribution in [2.75, 3.05) is 38.6 Å². The normalized spacial score (nSPS) is 19.3. The van der Waals surface area contributed by atoms with Crippen molar-refractivity contribution in [1.29, 1.82) is 0 Å². The summed E-state index contributed by atoms with van der Waals surface area (Å²) in [6, 6.07) is 0. The molecule has 0 unspecified atom stereocenters. The maximum atomic E-state index is 12.2. The van der Waals surface area contributed by atoms with Gasteiger partial charge in [0.15, 0.2) is 5.69 Å². The molecule has 9 heteroatoms. The summed E-state index contributed by atoms with van der Waals surface area (Å²) in [6.45, 7) is 1.68. The zero-order valence-electron chi connectivity index (χ0n) is 13.0. The van der Waals surface area contributed by atoms with E-state index in [1.54, 1.807) is 0 Å². The molecule has 1 fully saturated rings. The van der Waals surface area contributed by atoms with Gasteiger partial charge in [-0.25, -0.2) is 8.42 Å². The molecule has 8 nitrogen and oxygen atoms in total. The van der Waals surface area contributed by atoms with Crippen LogP contribution >= 0.6 is 0 Å². The number of hydrogen-bond acceptors (Lipinski definition) is 5. The highest BCUT2D eigenvalue weighted by molar-refractivity contribution is 7.89. The standard InChI is InChI=1S/C14H22N4O4S/c19-14(13-11-3-1-2-4-12(11)16-17-13)15-5-10-23(20,21)18-6-8-22-9-7-18/h1-10H2,(H,15,19)(H,16,17). The summed E-state index contributed by atoms with van der Waals surface area (Å²) in [7, 11) is -3.35. The summed E-state index contributed by atoms with van der Waals surface area (Å²) in [5, 5.41) is 9.68. The van der Waals surface area contributed by atoms with E-state index >= 15 is 0 Å². The summed E-state index contributed by atoms with van der Waals surface area (Å²) in [5.41, 5.74) is 2.41. The van der Waals surface area contributed by atoms with Gasteiger partial charge in [0.25, 0.3) is 5.91 Å². The number of nitrogens with zero attached hydrogens (tertiary/aromatic N) is 2. The quantitative estimate of drug-likeness (QED) is 0.763. The highest BCUT2D eigenvalue weighted by Crippen LogP contribution is 2.21. The van der Waals surface area contributed by atoms with Crippen molar-refractivity contribution in [3.63, 3.8) is 0 Å². The molecule has 1 amide bonds. The second-order valence-corrected chi connectivity index (χ2v) is 7.91. The molecule has 0 aromatic carbocycles. The summed E-state index contributed by atoms with van der Waals surface area (Å²) >= 11 is 0. The summed E-state index contributed by atoms with van der Waals surface area (Å²) in [4.78, 5) is 12.2. The fourth-order valence-corrected chi connectivity index (χ4v) is 4.32. The molecule has 3 rings (SSSR count). The average molecular weight is 342 g/mol. The fraction of sp³-hybridized carbons (Fsp3) is 0.714. The first kappa shape index (κ1) is 16.4. The highest BCUT2D eigenvalue weighted by Gasteiger charge is 2.25. The van der Waals surface area contributed by atoms with Gasteiger partial charge in [0.1, 0.15) is 0 Å². The number of sulfonamides is 1. The SMILES string of the molecule is O=C(NCCS(=O)(=O)N1CCOCC1)c1n[nH]c2c1CCCC2. The lowest BCUT2D eigenvalue weighted by Crippen LogP contribution is -2.43. The number of morpholine rings is 1. The molecule has 2 N–H and O–H groups in total. The Bertz CT molecular complexity index is 664. The van der Waals surface area contributed by atoms with Crippen molar-refractivity contribution in [3.05, 3.63) is 17.0 Å². The second-order valence-electron chi connectivity index (χ2n) is 5.82. The van der Waals surface area contributed by atoms with Crippen LogP contribution in [0, 0.1) is 0 Å². The molecule has 1 saturated heterocycles. The summed E-state index contributed by atoms with van der Waals surface area (Å²) in [6.07, 6.45) is 3.92. The Kier molecular flexibility index (Phi) is 4.98. The van der Waals surface area contributed by atoms with Crippen LogP contribution in [0.5, 0.6) is 0 Å². The molecule has 23 heavy (non-hydrogen) atoms. The van der Waals surface area contributed by atoms with E-state index in [1.807, 2.05) is 0 Å². The summed E-state index contributed by atoms with van der Waals surface area (Å²) in [5.74, 6) is -0.410. The number of nitrogens with one attached hydrogen (secondary N) is 2. The lowest BCUT2D eigenvalue weighted by Gasteiger charge is -2.26. The molecular formula is C14H22N4O4S.